The molecule has 1 aromatic carbocycles. The standard InChI is InChI=1S/C21H30N6O.HI/c1-4-17-6-5-7-18(12-17)25-20(28)13-24-21(22-3)26-10-8-16(2)19(14-26)27-11-9-23-15-27;/h5-7,9,11-12,15-16,19H,4,8,10,13-14H2,1-3H3,(H,22,24)(H,25,28);1H. The summed E-state index contributed by atoms with van der Waals surface area (Å²) in [5.74, 6) is 1.25. The van der Waals surface area contributed by atoms with Crippen molar-refractivity contribution in [3.8, 4) is 0 Å². The Kier molecular flexibility index (Phi) is 8.94. The van der Waals surface area contributed by atoms with Gasteiger partial charge in [0.05, 0.1) is 18.9 Å². The summed E-state index contributed by atoms with van der Waals surface area (Å²) in [4.78, 5) is 23.1. The van der Waals surface area contributed by atoms with Crippen LogP contribution in [0.5, 0.6) is 0 Å². The second-order valence-electron chi connectivity index (χ2n) is 7.29. The summed E-state index contributed by atoms with van der Waals surface area (Å²) in [6.45, 7) is 6.33. The van der Waals surface area contributed by atoms with Gasteiger partial charge in [0.15, 0.2) is 5.96 Å². The Bertz CT molecular complexity index is 807. The molecule has 2 aromatic rings. The quantitative estimate of drug-likeness (QED) is 0.368. The van der Waals surface area contributed by atoms with Crippen molar-refractivity contribution in [1.82, 2.24) is 19.8 Å². The summed E-state index contributed by atoms with van der Waals surface area (Å²) in [5.41, 5.74) is 2.03. The number of carbonyl (C=O) groups is 1. The third-order valence-corrected chi connectivity index (χ3v) is 5.36. The van der Waals surface area contributed by atoms with Crippen LogP contribution in [0.4, 0.5) is 5.69 Å². The van der Waals surface area contributed by atoms with Gasteiger partial charge in [-0.2, -0.15) is 0 Å². The lowest BCUT2D eigenvalue weighted by Gasteiger charge is -2.39. The Morgan fingerprint density at radius 2 is 2.21 bits per heavy atom. The van der Waals surface area contributed by atoms with Gasteiger partial charge in [-0.1, -0.05) is 26.0 Å². The third kappa shape index (κ3) is 6.19. The highest BCUT2D eigenvalue weighted by atomic mass is 127. The number of nitrogens with one attached hydrogen (secondary N) is 2. The molecule has 1 aliphatic rings. The number of guanidine groups is 1. The van der Waals surface area contributed by atoms with Gasteiger partial charge < -0.3 is 20.1 Å². The smallest absolute Gasteiger partial charge is 0.243 e. The molecule has 0 aliphatic carbocycles. The van der Waals surface area contributed by atoms with Crippen LogP contribution in [0.15, 0.2) is 48.0 Å². The number of aryl methyl sites for hydroxylation is 1. The molecule has 2 atom stereocenters. The highest BCUT2D eigenvalue weighted by molar-refractivity contribution is 14.0. The molecule has 0 saturated carbocycles. The van der Waals surface area contributed by atoms with Crippen molar-refractivity contribution >= 4 is 41.5 Å². The molecule has 158 valence electrons. The Morgan fingerprint density at radius 1 is 1.38 bits per heavy atom. The van der Waals surface area contributed by atoms with Crippen molar-refractivity contribution in [2.45, 2.75) is 32.7 Å². The summed E-state index contributed by atoms with van der Waals surface area (Å²) in [6.07, 6.45) is 7.72. The first-order valence-corrected chi connectivity index (χ1v) is 9.92. The maximum absolute atomic E-state index is 12.4. The molecule has 0 bridgehead atoms. The number of hydrogen-bond acceptors (Lipinski definition) is 3. The number of likely N-dealkylation sites (tertiary alicyclic amines) is 1. The van der Waals surface area contributed by atoms with Crippen LogP contribution in [0.1, 0.15) is 31.9 Å². The third-order valence-electron chi connectivity index (χ3n) is 5.36. The van der Waals surface area contributed by atoms with E-state index in [4.69, 9.17) is 0 Å². The second-order valence-corrected chi connectivity index (χ2v) is 7.29. The predicted molar refractivity (Wildman–Crippen MR) is 128 cm³/mol. The normalized spacial score (nSPS) is 19.4. The van der Waals surface area contributed by atoms with E-state index in [1.165, 1.54) is 5.56 Å². The zero-order valence-electron chi connectivity index (χ0n) is 17.3. The molecule has 1 amide bonds. The van der Waals surface area contributed by atoms with Gasteiger partial charge in [0, 0.05) is 38.2 Å². The minimum atomic E-state index is -0.0778. The van der Waals surface area contributed by atoms with E-state index in [0.29, 0.717) is 12.0 Å². The van der Waals surface area contributed by atoms with Crippen molar-refractivity contribution in [3.63, 3.8) is 0 Å². The molecule has 1 aromatic heterocycles. The zero-order chi connectivity index (χ0) is 19.9. The Morgan fingerprint density at radius 3 is 2.90 bits per heavy atom. The highest BCUT2D eigenvalue weighted by Gasteiger charge is 2.29. The summed E-state index contributed by atoms with van der Waals surface area (Å²) < 4.78 is 2.16. The monoisotopic (exact) mass is 510 g/mol. The van der Waals surface area contributed by atoms with Crippen molar-refractivity contribution in [1.29, 1.82) is 0 Å². The molecule has 7 nitrogen and oxygen atoms in total. The molecule has 1 fully saturated rings. The van der Waals surface area contributed by atoms with Crippen molar-refractivity contribution in [2.24, 2.45) is 10.9 Å². The number of anilines is 1. The van der Waals surface area contributed by atoms with Crippen LogP contribution in [0, 0.1) is 5.92 Å². The van der Waals surface area contributed by atoms with Crippen molar-refractivity contribution in [2.75, 3.05) is 32.0 Å². The number of halogens is 1. The number of carbonyl (C=O) groups excluding carboxylic acids is 1. The number of aromatic nitrogens is 2. The highest BCUT2D eigenvalue weighted by Crippen LogP contribution is 2.27. The molecule has 0 spiro atoms. The fourth-order valence-electron chi connectivity index (χ4n) is 3.66. The maximum atomic E-state index is 12.4. The maximum Gasteiger partial charge on any atom is 0.243 e. The summed E-state index contributed by atoms with van der Waals surface area (Å²) in [7, 11) is 1.76. The van der Waals surface area contributed by atoms with Gasteiger partial charge in [-0.05, 0) is 36.5 Å². The Hall–Kier alpha value is -2.10. The first kappa shape index (κ1) is 23.2. The average Bonchev–Trinajstić information content (AvgIpc) is 3.24. The molecule has 8 heteroatoms. The lowest BCUT2D eigenvalue weighted by atomic mass is 9.93. The molecule has 0 radical (unpaired) electrons. The number of amides is 1. The number of hydrogen-bond donors (Lipinski definition) is 2. The minimum Gasteiger partial charge on any atom is -0.347 e. The van der Waals surface area contributed by atoms with Crippen LogP contribution >= 0.6 is 24.0 Å². The van der Waals surface area contributed by atoms with Gasteiger partial charge in [-0.25, -0.2) is 4.98 Å². The van der Waals surface area contributed by atoms with Gasteiger partial charge in [0.2, 0.25) is 5.91 Å². The number of benzene rings is 1. The van der Waals surface area contributed by atoms with Gasteiger partial charge >= 0.3 is 0 Å². The van der Waals surface area contributed by atoms with E-state index in [2.05, 4.69) is 50.0 Å². The molecule has 3 rings (SSSR count). The molecule has 1 aliphatic heterocycles. The van der Waals surface area contributed by atoms with Crippen LogP contribution in [0.25, 0.3) is 0 Å². The summed E-state index contributed by atoms with van der Waals surface area (Å²) in [6, 6.07) is 8.29. The first-order valence-electron chi connectivity index (χ1n) is 9.92. The van der Waals surface area contributed by atoms with E-state index in [1.807, 2.05) is 36.9 Å². The SMILES string of the molecule is CCc1cccc(NC(=O)CNC(=NC)N2CCC(C)C(n3ccnc3)C2)c1.I. The molecular formula is C21H31IN6O. The fraction of sp³-hybridized carbons (Fsp3) is 0.476. The molecule has 2 N–H and O–H groups in total. The lowest BCUT2D eigenvalue weighted by molar-refractivity contribution is -0.115. The second kappa shape index (κ2) is 11.2. The number of aliphatic imine (C=N–C) groups is 1. The molecular weight excluding hydrogens is 479 g/mol. The lowest BCUT2D eigenvalue weighted by Crippen LogP contribution is -2.50. The predicted octanol–water partition coefficient (Wildman–Crippen LogP) is 3.16. The van der Waals surface area contributed by atoms with E-state index in [9.17, 15) is 4.79 Å². The number of nitrogens with zero attached hydrogens (tertiary/aromatic N) is 4. The number of imidazole rings is 1. The number of rotatable bonds is 5. The number of piperidine rings is 1. The minimum absolute atomic E-state index is 0. The summed E-state index contributed by atoms with van der Waals surface area (Å²) in [5, 5.41) is 6.16. The van der Waals surface area contributed by atoms with Crippen LogP contribution < -0.4 is 10.6 Å². The van der Waals surface area contributed by atoms with Crippen molar-refractivity contribution < 1.29 is 4.79 Å². The molecule has 29 heavy (non-hydrogen) atoms. The van der Waals surface area contributed by atoms with Crippen LogP contribution in [0.3, 0.4) is 0 Å². The van der Waals surface area contributed by atoms with Gasteiger partial charge in [0.1, 0.15) is 0 Å². The average molecular weight is 510 g/mol. The van der Waals surface area contributed by atoms with Gasteiger partial charge in [-0.15, -0.1) is 24.0 Å². The van der Waals surface area contributed by atoms with E-state index in [0.717, 1.165) is 37.6 Å². The van der Waals surface area contributed by atoms with Crippen LogP contribution in [0.2, 0.25) is 0 Å². The molecule has 2 heterocycles. The van der Waals surface area contributed by atoms with Crippen LogP contribution in [-0.2, 0) is 11.2 Å². The molecule has 1 saturated heterocycles. The fourth-order valence-corrected chi connectivity index (χ4v) is 3.66. The van der Waals surface area contributed by atoms with Crippen molar-refractivity contribution in [3.05, 3.63) is 48.5 Å². The first-order chi connectivity index (χ1) is 13.6. The largest absolute Gasteiger partial charge is 0.347 e. The van der Waals surface area contributed by atoms with Gasteiger partial charge in [-0.3, -0.25) is 9.79 Å². The van der Waals surface area contributed by atoms with E-state index < -0.39 is 0 Å². The van der Waals surface area contributed by atoms with Crippen LogP contribution in [-0.4, -0.2) is 53.0 Å². The van der Waals surface area contributed by atoms with E-state index in [1.54, 1.807) is 7.05 Å². The Balaban J connectivity index is 0.00000300. The van der Waals surface area contributed by atoms with Gasteiger partial charge in [0.25, 0.3) is 0 Å². The Labute approximate surface area is 190 Å². The zero-order valence-corrected chi connectivity index (χ0v) is 19.7. The molecule has 2 unspecified atom stereocenters. The van der Waals surface area contributed by atoms with E-state index >= 15 is 0 Å². The topological polar surface area (TPSA) is 74.6 Å². The van der Waals surface area contributed by atoms with E-state index in [-0.39, 0.29) is 36.4 Å². The summed E-state index contributed by atoms with van der Waals surface area (Å²) >= 11 is 0.